The van der Waals surface area contributed by atoms with E-state index in [9.17, 15) is 14.7 Å². The van der Waals surface area contributed by atoms with Gasteiger partial charge in [-0.15, -0.1) is 10.2 Å². The van der Waals surface area contributed by atoms with Crippen LogP contribution < -0.4 is 9.64 Å². The van der Waals surface area contributed by atoms with Crippen LogP contribution in [0.1, 0.15) is 42.5 Å². The molecule has 0 saturated carbocycles. The first-order chi connectivity index (χ1) is 20.4. The Bertz CT molecular complexity index is 1620. The number of aromatic nitrogens is 2. The van der Waals surface area contributed by atoms with Crippen LogP contribution >= 0.6 is 34.7 Å². The molecule has 1 amide bonds. The molecule has 42 heavy (non-hydrogen) atoms. The summed E-state index contributed by atoms with van der Waals surface area (Å²) in [5, 5.41) is 20.6. The molecule has 3 aromatic carbocycles. The fourth-order valence-corrected chi connectivity index (χ4v) is 6.34. The number of thioether (sulfide) groups is 1. The van der Waals surface area contributed by atoms with Crippen LogP contribution in [0, 0.1) is 0 Å². The van der Waals surface area contributed by atoms with Crippen LogP contribution in [-0.2, 0) is 15.3 Å². The smallest absolute Gasteiger partial charge is 0.296 e. The van der Waals surface area contributed by atoms with Crippen molar-refractivity contribution in [2.75, 3.05) is 11.5 Å². The van der Waals surface area contributed by atoms with E-state index < -0.39 is 23.5 Å². The molecule has 0 saturated heterocycles. The fourth-order valence-electron chi connectivity index (χ4n) is 4.39. The van der Waals surface area contributed by atoms with Crippen molar-refractivity contribution >= 4 is 57.6 Å². The van der Waals surface area contributed by atoms with E-state index in [1.165, 1.54) is 34.1 Å². The zero-order chi connectivity index (χ0) is 29.5. The van der Waals surface area contributed by atoms with Gasteiger partial charge in [-0.05, 0) is 53.5 Å². The predicted molar refractivity (Wildman–Crippen MR) is 168 cm³/mol. The van der Waals surface area contributed by atoms with Gasteiger partial charge in [0.25, 0.3) is 5.91 Å². The predicted octanol–water partition coefficient (Wildman–Crippen LogP) is 7.85. The number of amides is 1. The second-order valence-corrected chi connectivity index (χ2v) is 12.1. The van der Waals surface area contributed by atoms with Gasteiger partial charge in [0.15, 0.2) is 15.9 Å². The summed E-state index contributed by atoms with van der Waals surface area (Å²) < 4.78 is 6.55. The summed E-state index contributed by atoms with van der Waals surface area (Å²) in [5.74, 6) is -0.540. The number of rotatable bonds is 12. The van der Waals surface area contributed by atoms with Crippen molar-refractivity contribution in [2.45, 2.75) is 35.9 Å². The topological polar surface area (TPSA) is 92.6 Å². The van der Waals surface area contributed by atoms with Crippen molar-refractivity contribution in [3.05, 3.63) is 118 Å². The number of carbonyl (C=O) groups excluding carboxylic acids is 2. The highest BCUT2D eigenvalue weighted by molar-refractivity contribution is 8.00. The van der Waals surface area contributed by atoms with Gasteiger partial charge < -0.3 is 9.84 Å². The molecule has 2 heterocycles. The van der Waals surface area contributed by atoms with Gasteiger partial charge in [-0.2, -0.15) is 0 Å². The van der Waals surface area contributed by atoms with Crippen LogP contribution in [0.5, 0.6) is 5.75 Å². The Morgan fingerprint density at radius 2 is 1.88 bits per heavy atom. The van der Waals surface area contributed by atoms with Gasteiger partial charge in [0.2, 0.25) is 5.13 Å². The van der Waals surface area contributed by atoms with Gasteiger partial charge in [-0.3, -0.25) is 14.5 Å². The molecular formula is C32H28ClN3O4S2. The molecule has 1 aliphatic heterocycles. The summed E-state index contributed by atoms with van der Waals surface area (Å²) >= 11 is 8.69. The average Bonchev–Trinajstić information content (AvgIpc) is 3.58. The minimum Gasteiger partial charge on any atom is -0.503 e. The number of ketones is 1. The molecule has 0 aliphatic carbocycles. The molecule has 1 unspecified atom stereocenters. The zero-order valence-corrected chi connectivity index (χ0v) is 25.2. The second kappa shape index (κ2) is 13.8. The normalized spacial score (nSPS) is 15.1. The maximum Gasteiger partial charge on any atom is 0.296 e. The van der Waals surface area contributed by atoms with E-state index >= 15 is 0 Å². The lowest BCUT2D eigenvalue weighted by Crippen LogP contribution is -2.30. The van der Waals surface area contributed by atoms with Crippen molar-refractivity contribution in [3.8, 4) is 5.75 Å². The molecule has 5 rings (SSSR count). The van der Waals surface area contributed by atoms with E-state index in [4.69, 9.17) is 16.3 Å². The Kier molecular flexibility index (Phi) is 9.74. The molecule has 7 nitrogen and oxygen atoms in total. The number of ether oxygens (including phenoxy) is 1. The number of aliphatic hydroxyl groups excluding tert-OH is 1. The third-order valence-corrected chi connectivity index (χ3v) is 8.90. The van der Waals surface area contributed by atoms with Crippen molar-refractivity contribution in [1.82, 2.24) is 10.2 Å². The number of hydrogen-bond donors (Lipinski definition) is 1. The Balaban J connectivity index is 1.46. The number of carbonyl (C=O) groups is 2. The molecule has 0 bridgehead atoms. The molecule has 0 spiro atoms. The van der Waals surface area contributed by atoms with Crippen LogP contribution in [0.25, 0.3) is 6.08 Å². The lowest BCUT2D eigenvalue weighted by atomic mass is 9.95. The lowest BCUT2D eigenvalue weighted by Gasteiger charge is -2.24. The molecule has 4 aromatic rings. The van der Waals surface area contributed by atoms with Crippen LogP contribution in [0.15, 0.2) is 101 Å². The van der Waals surface area contributed by atoms with Gasteiger partial charge in [-0.1, -0.05) is 109 Å². The number of unbranched alkanes of at least 4 members (excludes halogenated alkanes) is 1. The maximum atomic E-state index is 13.6. The number of aliphatic hydroxyl groups is 1. The van der Waals surface area contributed by atoms with Crippen LogP contribution in [-0.4, -0.2) is 33.6 Å². The summed E-state index contributed by atoms with van der Waals surface area (Å²) in [4.78, 5) is 28.4. The Morgan fingerprint density at radius 1 is 1.10 bits per heavy atom. The van der Waals surface area contributed by atoms with E-state index in [-0.39, 0.29) is 10.7 Å². The standard InChI is InChI=1S/C32H28ClN3O4S2/c1-2-3-18-40-25-11-7-10-23(19-25)28-27(26(37)17-14-21-8-5-4-6-9-21)29(38)30(39)36(28)31-34-35-32(42-31)41-20-22-12-15-24(33)16-13-22/h4-17,19,28,38H,2-3,18,20H2,1H3. The highest BCUT2D eigenvalue weighted by atomic mass is 35.5. The summed E-state index contributed by atoms with van der Waals surface area (Å²) in [6.07, 6.45) is 4.92. The number of anilines is 1. The largest absolute Gasteiger partial charge is 0.503 e. The second-order valence-electron chi connectivity index (χ2n) is 9.49. The molecule has 0 radical (unpaired) electrons. The van der Waals surface area contributed by atoms with E-state index in [0.29, 0.717) is 33.0 Å². The minimum absolute atomic E-state index is 0.0246. The summed E-state index contributed by atoms with van der Waals surface area (Å²) in [6.45, 7) is 2.63. The first-order valence-corrected chi connectivity index (χ1v) is 15.6. The highest BCUT2D eigenvalue weighted by Crippen LogP contribution is 2.44. The molecule has 1 N–H and O–H groups in total. The van der Waals surface area contributed by atoms with Gasteiger partial charge in [0, 0.05) is 10.8 Å². The van der Waals surface area contributed by atoms with Crippen LogP contribution in [0.3, 0.4) is 0 Å². The van der Waals surface area contributed by atoms with Gasteiger partial charge >= 0.3 is 0 Å². The first-order valence-electron chi connectivity index (χ1n) is 13.4. The van der Waals surface area contributed by atoms with Gasteiger partial charge in [0.05, 0.1) is 18.2 Å². The molecule has 1 aromatic heterocycles. The SMILES string of the molecule is CCCCOc1cccc(C2C(C(=O)C=Cc3ccccc3)=C(O)C(=O)N2c2nnc(SCc3ccc(Cl)cc3)s2)c1. The first kappa shape index (κ1) is 29.6. The molecule has 214 valence electrons. The zero-order valence-electron chi connectivity index (χ0n) is 22.8. The maximum absolute atomic E-state index is 13.6. The quantitative estimate of drug-likeness (QED) is 0.0749. The third-order valence-electron chi connectivity index (χ3n) is 6.52. The van der Waals surface area contributed by atoms with Crippen LogP contribution in [0.4, 0.5) is 5.13 Å². The highest BCUT2D eigenvalue weighted by Gasteiger charge is 2.45. The van der Waals surface area contributed by atoms with E-state index in [0.717, 1.165) is 24.0 Å². The van der Waals surface area contributed by atoms with E-state index in [1.807, 2.05) is 72.8 Å². The molecular weight excluding hydrogens is 590 g/mol. The third kappa shape index (κ3) is 6.92. The monoisotopic (exact) mass is 617 g/mol. The van der Waals surface area contributed by atoms with Crippen molar-refractivity contribution in [2.24, 2.45) is 0 Å². The number of allylic oxidation sites excluding steroid dienone is 1. The van der Waals surface area contributed by atoms with Gasteiger partial charge in [0.1, 0.15) is 5.75 Å². The number of halogens is 1. The van der Waals surface area contributed by atoms with Crippen molar-refractivity contribution in [3.63, 3.8) is 0 Å². The molecule has 0 fully saturated rings. The number of nitrogens with zero attached hydrogens (tertiary/aromatic N) is 3. The molecule has 1 aliphatic rings. The van der Waals surface area contributed by atoms with Crippen molar-refractivity contribution < 1.29 is 19.4 Å². The van der Waals surface area contributed by atoms with E-state index in [1.54, 1.807) is 12.1 Å². The van der Waals surface area contributed by atoms with Gasteiger partial charge in [-0.25, -0.2) is 0 Å². The fraction of sp³-hybridized carbons (Fsp3) is 0.188. The molecule has 10 heteroatoms. The van der Waals surface area contributed by atoms with Crippen molar-refractivity contribution in [1.29, 1.82) is 0 Å². The lowest BCUT2D eigenvalue weighted by molar-refractivity contribution is -0.117. The summed E-state index contributed by atoms with van der Waals surface area (Å²) in [7, 11) is 0. The average molecular weight is 618 g/mol. The van der Waals surface area contributed by atoms with Crippen LogP contribution in [0.2, 0.25) is 5.02 Å². The molecule has 1 atom stereocenters. The Hall–Kier alpha value is -3.92. The minimum atomic E-state index is -0.915. The van der Waals surface area contributed by atoms with E-state index in [2.05, 4.69) is 17.1 Å². The summed E-state index contributed by atoms with van der Waals surface area (Å²) in [5.41, 5.74) is 2.47. The number of benzene rings is 3. The summed E-state index contributed by atoms with van der Waals surface area (Å²) in [6, 6.07) is 23.2. The Morgan fingerprint density at radius 3 is 2.64 bits per heavy atom. The Labute approximate surface area is 257 Å². The number of hydrogen-bond acceptors (Lipinski definition) is 8.